The summed E-state index contributed by atoms with van der Waals surface area (Å²) in [4.78, 5) is 0. The largest absolute Gasteiger partial charge is 0.494 e. The van der Waals surface area contributed by atoms with Gasteiger partial charge in [0.15, 0.2) is 0 Å². The van der Waals surface area contributed by atoms with Crippen LogP contribution in [0.25, 0.3) is 5.69 Å². The standard InChI is InChI=1S/C15H16N4O/c1-20-13-8-3-2-7-12(13)19-15(17)11(9-16)14(18-19)10-5-4-6-10/h2-3,7-8,10H,4-6,17H2,1H3. The van der Waals surface area contributed by atoms with E-state index < -0.39 is 0 Å². The molecule has 2 N–H and O–H groups in total. The van der Waals surface area contributed by atoms with E-state index in [9.17, 15) is 5.26 Å². The second-order valence-electron chi connectivity index (χ2n) is 4.97. The Morgan fingerprint density at radius 2 is 2.15 bits per heavy atom. The van der Waals surface area contributed by atoms with Crippen LogP contribution in [0.1, 0.15) is 36.4 Å². The summed E-state index contributed by atoms with van der Waals surface area (Å²) in [5.74, 6) is 1.44. The van der Waals surface area contributed by atoms with Gasteiger partial charge in [-0.15, -0.1) is 0 Å². The molecule has 3 rings (SSSR count). The Hall–Kier alpha value is -2.48. The van der Waals surface area contributed by atoms with Gasteiger partial charge < -0.3 is 10.5 Å². The van der Waals surface area contributed by atoms with Crippen molar-refractivity contribution in [3.63, 3.8) is 0 Å². The Bertz CT molecular complexity index is 680. The van der Waals surface area contributed by atoms with Crippen LogP contribution in [-0.2, 0) is 0 Å². The molecule has 5 heteroatoms. The number of ether oxygens (including phenoxy) is 1. The predicted octanol–water partition coefficient (Wildman–Crippen LogP) is 2.60. The van der Waals surface area contributed by atoms with E-state index >= 15 is 0 Å². The number of anilines is 1. The average Bonchev–Trinajstić information content (AvgIpc) is 2.73. The Balaban J connectivity index is 2.15. The summed E-state index contributed by atoms with van der Waals surface area (Å²) >= 11 is 0. The van der Waals surface area contributed by atoms with Crippen molar-refractivity contribution in [2.24, 2.45) is 0 Å². The molecule has 0 amide bonds. The van der Waals surface area contributed by atoms with Crippen molar-refractivity contribution in [2.75, 3.05) is 12.8 Å². The monoisotopic (exact) mass is 268 g/mol. The Morgan fingerprint density at radius 1 is 1.40 bits per heavy atom. The summed E-state index contributed by atoms with van der Waals surface area (Å²) in [7, 11) is 1.61. The van der Waals surface area contributed by atoms with E-state index in [0.717, 1.165) is 24.2 Å². The molecule has 1 heterocycles. The molecule has 0 saturated heterocycles. The van der Waals surface area contributed by atoms with E-state index in [2.05, 4.69) is 11.2 Å². The number of para-hydroxylation sites is 2. The maximum atomic E-state index is 9.34. The van der Waals surface area contributed by atoms with Crippen LogP contribution in [0.3, 0.4) is 0 Å². The number of nitrogens with two attached hydrogens (primary N) is 1. The number of methoxy groups -OCH3 is 1. The first-order valence-electron chi connectivity index (χ1n) is 6.68. The molecular weight excluding hydrogens is 252 g/mol. The van der Waals surface area contributed by atoms with Gasteiger partial charge in [0.05, 0.1) is 12.8 Å². The van der Waals surface area contributed by atoms with E-state index in [1.165, 1.54) is 6.42 Å². The minimum atomic E-state index is 0.364. The van der Waals surface area contributed by atoms with Gasteiger partial charge in [0.25, 0.3) is 0 Å². The molecule has 1 fully saturated rings. The highest BCUT2D eigenvalue weighted by Crippen LogP contribution is 2.39. The fraction of sp³-hybridized carbons (Fsp3) is 0.333. The first kappa shape index (κ1) is 12.5. The SMILES string of the molecule is COc1ccccc1-n1nc(C2CCC2)c(C#N)c1N. The van der Waals surface area contributed by atoms with Crippen LogP contribution in [0.2, 0.25) is 0 Å². The highest BCUT2D eigenvalue weighted by Gasteiger charge is 2.28. The molecular formula is C15H16N4O. The molecule has 0 atom stereocenters. The third-order valence-corrected chi connectivity index (χ3v) is 3.87. The number of hydrogen-bond acceptors (Lipinski definition) is 4. The van der Waals surface area contributed by atoms with Crippen molar-refractivity contribution in [3.05, 3.63) is 35.5 Å². The molecule has 102 valence electrons. The van der Waals surface area contributed by atoms with Gasteiger partial charge in [-0.05, 0) is 25.0 Å². The molecule has 0 aliphatic heterocycles. The van der Waals surface area contributed by atoms with Crippen molar-refractivity contribution >= 4 is 5.82 Å². The molecule has 0 radical (unpaired) electrons. The number of aromatic nitrogens is 2. The van der Waals surface area contributed by atoms with Crippen molar-refractivity contribution in [2.45, 2.75) is 25.2 Å². The van der Waals surface area contributed by atoms with E-state index in [0.29, 0.717) is 23.0 Å². The highest BCUT2D eigenvalue weighted by atomic mass is 16.5. The van der Waals surface area contributed by atoms with Crippen LogP contribution in [0.15, 0.2) is 24.3 Å². The second kappa shape index (κ2) is 4.89. The summed E-state index contributed by atoms with van der Waals surface area (Å²) in [5, 5.41) is 13.9. The van der Waals surface area contributed by atoms with Gasteiger partial charge in [0.2, 0.25) is 0 Å². The smallest absolute Gasteiger partial charge is 0.145 e. The summed E-state index contributed by atoms with van der Waals surface area (Å²) < 4.78 is 6.96. The van der Waals surface area contributed by atoms with Gasteiger partial charge in [-0.25, -0.2) is 4.68 Å². The van der Waals surface area contributed by atoms with Gasteiger partial charge in [-0.2, -0.15) is 10.4 Å². The molecule has 1 aromatic carbocycles. The van der Waals surface area contributed by atoms with Crippen LogP contribution in [0.4, 0.5) is 5.82 Å². The molecule has 1 saturated carbocycles. The third kappa shape index (κ3) is 1.81. The lowest BCUT2D eigenvalue weighted by Crippen LogP contribution is -2.11. The lowest BCUT2D eigenvalue weighted by molar-refractivity contribution is 0.404. The number of rotatable bonds is 3. The lowest BCUT2D eigenvalue weighted by atomic mass is 9.82. The summed E-state index contributed by atoms with van der Waals surface area (Å²) in [6.45, 7) is 0. The fourth-order valence-corrected chi connectivity index (χ4v) is 2.52. The number of hydrogen-bond donors (Lipinski definition) is 1. The Labute approximate surface area is 117 Å². The number of nitrogens with zero attached hydrogens (tertiary/aromatic N) is 3. The quantitative estimate of drug-likeness (QED) is 0.928. The maximum Gasteiger partial charge on any atom is 0.145 e. The molecule has 1 aliphatic carbocycles. The third-order valence-electron chi connectivity index (χ3n) is 3.87. The Morgan fingerprint density at radius 3 is 2.75 bits per heavy atom. The zero-order chi connectivity index (χ0) is 14.1. The summed E-state index contributed by atoms with van der Waals surface area (Å²) in [6.07, 6.45) is 3.35. The molecule has 0 spiro atoms. The van der Waals surface area contributed by atoms with Crippen LogP contribution in [0, 0.1) is 11.3 Å². The molecule has 1 aliphatic rings. The van der Waals surface area contributed by atoms with Gasteiger partial charge in [-0.3, -0.25) is 0 Å². The molecule has 5 nitrogen and oxygen atoms in total. The fourth-order valence-electron chi connectivity index (χ4n) is 2.52. The van der Waals surface area contributed by atoms with Crippen molar-refractivity contribution in [3.8, 4) is 17.5 Å². The first-order valence-corrected chi connectivity index (χ1v) is 6.68. The zero-order valence-corrected chi connectivity index (χ0v) is 11.3. The minimum Gasteiger partial charge on any atom is -0.494 e. The normalized spacial score (nSPS) is 14.6. The predicted molar refractivity (Wildman–Crippen MR) is 75.8 cm³/mol. The van der Waals surface area contributed by atoms with Crippen LogP contribution in [-0.4, -0.2) is 16.9 Å². The lowest BCUT2D eigenvalue weighted by Gasteiger charge is -2.23. The average molecular weight is 268 g/mol. The summed E-state index contributed by atoms with van der Waals surface area (Å²) in [6, 6.07) is 9.71. The van der Waals surface area contributed by atoms with Gasteiger partial charge in [0.1, 0.15) is 28.9 Å². The van der Waals surface area contributed by atoms with Crippen molar-refractivity contribution in [1.29, 1.82) is 5.26 Å². The number of nitriles is 1. The van der Waals surface area contributed by atoms with Crippen LogP contribution >= 0.6 is 0 Å². The van der Waals surface area contributed by atoms with Crippen LogP contribution < -0.4 is 10.5 Å². The van der Waals surface area contributed by atoms with Gasteiger partial charge in [-0.1, -0.05) is 18.6 Å². The van der Waals surface area contributed by atoms with Gasteiger partial charge >= 0.3 is 0 Å². The molecule has 1 aromatic heterocycles. The number of benzene rings is 1. The van der Waals surface area contributed by atoms with Crippen molar-refractivity contribution in [1.82, 2.24) is 9.78 Å². The number of nitrogen functional groups attached to an aromatic ring is 1. The van der Waals surface area contributed by atoms with E-state index in [1.807, 2.05) is 24.3 Å². The zero-order valence-electron chi connectivity index (χ0n) is 11.3. The molecule has 20 heavy (non-hydrogen) atoms. The maximum absolute atomic E-state index is 9.34. The van der Waals surface area contributed by atoms with Crippen LogP contribution in [0.5, 0.6) is 5.75 Å². The molecule has 0 unspecified atom stereocenters. The second-order valence-corrected chi connectivity index (χ2v) is 4.97. The van der Waals surface area contributed by atoms with E-state index in [-0.39, 0.29) is 0 Å². The molecule has 0 bridgehead atoms. The Kier molecular flexibility index (Phi) is 3.07. The van der Waals surface area contributed by atoms with Crippen molar-refractivity contribution < 1.29 is 4.74 Å². The highest BCUT2D eigenvalue weighted by molar-refractivity contribution is 5.59. The van der Waals surface area contributed by atoms with Gasteiger partial charge in [0, 0.05) is 5.92 Å². The molecule has 2 aromatic rings. The first-order chi connectivity index (χ1) is 9.76. The van der Waals surface area contributed by atoms with E-state index in [4.69, 9.17) is 10.5 Å². The topological polar surface area (TPSA) is 76.9 Å². The van der Waals surface area contributed by atoms with E-state index in [1.54, 1.807) is 11.8 Å². The summed E-state index contributed by atoms with van der Waals surface area (Å²) in [5.41, 5.74) is 8.19. The minimum absolute atomic E-state index is 0.364.